The predicted octanol–water partition coefficient (Wildman–Crippen LogP) is 2.14. The van der Waals surface area contributed by atoms with E-state index < -0.39 is 0 Å². The molecule has 4 heteroatoms. The zero-order chi connectivity index (χ0) is 9.68. The fourth-order valence-corrected chi connectivity index (χ4v) is 1.18. The average molecular weight is 217 g/mol. The van der Waals surface area contributed by atoms with E-state index in [4.69, 9.17) is 11.6 Å². The molecule has 0 saturated heterocycles. The maximum atomic E-state index is 5.65. The van der Waals surface area contributed by atoms with Crippen LogP contribution < -0.4 is 5.32 Å². The predicted molar refractivity (Wildman–Crippen MR) is 59.4 cm³/mol. The molecule has 1 N–H and O–H groups in total. The molecule has 1 unspecified atom stereocenters. The number of nitrogens with one attached hydrogen (secondary N) is 1. The molecule has 0 bridgehead atoms. The van der Waals surface area contributed by atoms with E-state index in [2.05, 4.69) is 29.9 Å². The van der Waals surface area contributed by atoms with Crippen molar-refractivity contribution >= 4 is 24.2 Å². The van der Waals surface area contributed by atoms with Gasteiger partial charge in [0.15, 0.2) is 0 Å². The van der Waals surface area contributed by atoms with Gasteiger partial charge in [0.1, 0.15) is 5.15 Å². The third-order valence-electron chi connectivity index (χ3n) is 1.56. The largest absolute Gasteiger partial charge is 0.312 e. The van der Waals surface area contributed by atoms with Gasteiger partial charge >= 0.3 is 0 Å². The normalized spacial score (nSPS) is 12.8. The third kappa shape index (κ3) is 4.50. The Hall–Kier alpha value is -0.250. The van der Waals surface area contributed by atoms with Crippen LogP contribution in [0.3, 0.4) is 0 Å². The Labute approximate surface area is 89.1 Å². The van der Waals surface area contributed by atoms with Crippen molar-refractivity contribution in [2.75, 3.05) is 6.54 Å². The maximum absolute atomic E-state index is 5.65. The van der Waals surface area contributed by atoms with Crippen LogP contribution in [0.15, 0.2) is 18.3 Å². The lowest BCUT2D eigenvalue weighted by molar-refractivity contribution is 0.684. The molecule has 72 valence electrons. The van der Waals surface area contributed by atoms with Crippen LogP contribution in [0, 0.1) is 0 Å². The Balaban J connectivity index is 2.33. The van der Waals surface area contributed by atoms with Gasteiger partial charge < -0.3 is 5.32 Å². The lowest BCUT2D eigenvalue weighted by Crippen LogP contribution is -2.20. The summed E-state index contributed by atoms with van der Waals surface area (Å²) in [5, 5.41) is 4.17. The molecular weight excluding hydrogens is 204 g/mol. The number of nitrogens with zero attached hydrogens (tertiary/aromatic N) is 1. The number of hydrogen-bond donors (Lipinski definition) is 2. The van der Waals surface area contributed by atoms with Crippen LogP contribution in [0.5, 0.6) is 0 Å². The minimum atomic E-state index is 0.375. The van der Waals surface area contributed by atoms with Gasteiger partial charge in [-0.2, -0.15) is 12.6 Å². The van der Waals surface area contributed by atoms with Crippen molar-refractivity contribution in [1.29, 1.82) is 0 Å². The third-order valence-corrected chi connectivity index (χ3v) is 1.96. The van der Waals surface area contributed by atoms with Gasteiger partial charge in [-0.25, -0.2) is 4.98 Å². The van der Waals surface area contributed by atoms with Crippen LogP contribution >= 0.6 is 24.2 Å². The van der Waals surface area contributed by atoms with Gasteiger partial charge in [-0.15, -0.1) is 0 Å². The second-order valence-corrected chi connectivity index (χ2v) is 4.24. The number of thiol groups is 1. The van der Waals surface area contributed by atoms with Crippen molar-refractivity contribution in [2.24, 2.45) is 0 Å². The first kappa shape index (κ1) is 10.8. The Morgan fingerprint density at radius 1 is 1.62 bits per heavy atom. The van der Waals surface area contributed by atoms with E-state index in [-0.39, 0.29) is 0 Å². The van der Waals surface area contributed by atoms with Gasteiger partial charge in [0, 0.05) is 24.5 Å². The number of hydrogen-bond acceptors (Lipinski definition) is 3. The van der Waals surface area contributed by atoms with Crippen molar-refractivity contribution in [3.05, 3.63) is 29.0 Å². The summed E-state index contributed by atoms with van der Waals surface area (Å²) in [7, 11) is 0. The van der Waals surface area contributed by atoms with Crippen LogP contribution in [0.2, 0.25) is 5.15 Å². The van der Waals surface area contributed by atoms with Gasteiger partial charge in [-0.1, -0.05) is 24.6 Å². The molecule has 0 aliphatic rings. The van der Waals surface area contributed by atoms with E-state index in [1.54, 1.807) is 12.3 Å². The fourth-order valence-electron chi connectivity index (χ4n) is 0.936. The molecule has 1 rings (SSSR count). The van der Waals surface area contributed by atoms with Crippen molar-refractivity contribution < 1.29 is 0 Å². The van der Waals surface area contributed by atoms with Crippen LogP contribution in [0.1, 0.15) is 12.5 Å². The summed E-state index contributed by atoms with van der Waals surface area (Å²) in [5.41, 5.74) is 1.14. The molecule has 0 aliphatic carbocycles. The molecule has 0 saturated carbocycles. The first-order valence-corrected chi connectivity index (χ1v) is 5.07. The summed E-state index contributed by atoms with van der Waals surface area (Å²) >= 11 is 9.91. The Morgan fingerprint density at radius 3 is 2.92 bits per heavy atom. The molecule has 0 amide bonds. The minimum absolute atomic E-state index is 0.375. The highest BCUT2D eigenvalue weighted by atomic mass is 35.5. The van der Waals surface area contributed by atoms with E-state index >= 15 is 0 Å². The average Bonchev–Trinajstić information content (AvgIpc) is 2.08. The molecule has 0 aliphatic heterocycles. The summed E-state index contributed by atoms with van der Waals surface area (Å²) in [4.78, 5) is 3.98. The molecule has 0 spiro atoms. The quantitative estimate of drug-likeness (QED) is 0.596. The number of halogens is 1. The highest BCUT2D eigenvalue weighted by molar-refractivity contribution is 7.80. The summed E-state index contributed by atoms with van der Waals surface area (Å²) in [5.74, 6) is 0. The van der Waals surface area contributed by atoms with E-state index in [1.807, 2.05) is 6.07 Å². The lowest BCUT2D eigenvalue weighted by atomic mass is 10.3. The SMILES string of the molecule is CC(S)CNCc1ccc(Cl)nc1. The Kier molecular flexibility index (Phi) is 4.56. The summed E-state index contributed by atoms with van der Waals surface area (Å²) in [6, 6.07) is 3.76. The van der Waals surface area contributed by atoms with Gasteiger partial charge in [0.25, 0.3) is 0 Å². The lowest BCUT2D eigenvalue weighted by Gasteiger charge is -2.06. The van der Waals surface area contributed by atoms with Gasteiger partial charge in [-0.05, 0) is 11.6 Å². The monoisotopic (exact) mass is 216 g/mol. The van der Waals surface area contributed by atoms with Crippen molar-refractivity contribution in [3.63, 3.8) is 0 Å². The molecule has 0 radical (unpaired) electrons. The van der Waals surface area contributed by atoms with Gasteiger partial charge in [0.05, 0.1) is 0 Å². The van der Waals surface area contributed by atoms with E-state index in [0.717, 1.165) is 18.7 Å². The number of aromatic nitrogens is 1. The smallest absolute Gasteiger partial charge is 0.129 e. The molecule has 0 aromatic carbocycles. The van der Waals surface area contributed by atoms with E-state index in [9.17, 15) is 0 Å². The number of pyridine rings is 1. The van der Waals surface area contributed by atoms with Crippen molar-refractivity contribution in [1.82, 2.24) is 10.3 Å². The van der Waals surface area contributed by atoms with Gasteiger partial charge in [-0.3, -0.25) is 0 Å². The fraction of sp³-hybridized carbons (Fsp3) is 0.444. The van der Waals surface area contributed by atoms with Crippen LogP contribution in [-0.4, -0.2) is 16.8 Å². The zero-order valence-electron chi connectivity index (χ0n) is 7.50. The van der Waals surface area contributed by atoms with Crippen LogP contribution in [0.4, 0.5) is 0 Å². The van der Waals surface area contributed by atoms with Crippen LogP contribution in [-0.2, 0) is 6.54 Å². The first-order valence-electron chi connectivity index (χ1n) is 4.17. The molecule has 13 heavy (non-hydrogen) atoms. The molecule has 1 aromatic heterocycles. The molecule has 2 nitrogen and oxygen atoms in total. The zero-order valence-corrected chi connectivity index (χ0v) is 9.15. The van der Waals surface area contributed by atoms with Crippen molar-refractivity contribution in [3.8, 4) is 0 Å². The second kappa shape index (κ2) is 5.47. The summed E-state index contributed by atoms with van der Waals surface area (Å²) in [6.07, 6.45) is 1.78. The molecular formula is C9H13ClN2S. The minimum Gasteiger partial charge on any atom is -0.312 e. The molecule has 1 aromatic rings. The summed E-state index contributed by atoms with van der Waals surface area (Å²) in [6.45, 7) is 3.76. The maximum Gasteiger partial charge on any atom is 0.129 e. The first-order chi connectivity index (χ1) is 6.18. The van der Waals surface area contributed by atoms with Crippen LogP contribution in [0.25, 0.3) is 0 Å². The van der Waals surface area contributed by atoms with E-state index in [0.29, 0.717) is 10.4 Å². The van der Waals surface area contributed by atoms with Crippen molar-refractivity contribution in [2.45, 2.75) is 18.7 Å². The molecule has 0 fully saturated rings. The van der Waals surface area contributed by atoms with E-state index in [1.165, 1.54) is 0 Å². The number of rotatable bonds is 4. The molecule has 1 atom stereocenters. The summed E-state index contributed by atoms with van der Waals surface area (Å²) < 4.78 is 0. The molecule has 1 heterocycles. The standard InChI is InChI=1S/C9H13ClN2S/c1-7(13)4-11-5-8-2-3-9(10)12-6-8/h2-3,6-7,11,13H,4-5H2,1H3. The highest BCUT2D eigenvalue weighted by Crippen LogP contribution is 2.04. The highest BCUT2D eigenvalue weighted by Gasteiger charge is 1.95. The topological polar surface area (TPSA) is 24.9 Å². The Morgan fingerprint density at radius 2 is 2.38 bits per heavy atom. The second-order valence-electron chi connectivity index (χ2n) is 2.97. The Bertz CT molecular complexity index is 248. The van der Waals surface area contributed by atoms with Gasteiger partial charge in [0.2, 0.25) is 0 Å².